The molecule has 0 radical (unpaired) electrons. The number of nitrogens with one attached hydrogen (secondary N) is 1. The molecule has 0 atom stereocenters. The fourth-order valence-electron chi connectivity index (χ4n) is 3.57. The first-order chi connectivity index (χ1) is 11.9. The van der Waals surface area contributed by atoms with Crippen LogP contribution in [0, 0.1) is 0 Å². The van der Waals surface area contributed by atoms with E-state index in [1.165, 1.54) is 10.8 Å². The van der Waals surface area contributed by atoms with Gasteiger partial charge in [0, 0.05) is 32.8 Å². The van der Waals surface area contributed by atoms with E-state index < -0.39 is 0 Å². The lowest BCUT2D eigenvalue weighted by Gasteiger charge is -2.03. The quantitative estimate of drug-likeness (QED) is 0.403. The molecule has 0 saturated heterocycles. The zero-order valence-electron chi connectivity index (χ0n) is 13.0. The van der Waals surface area contributed by atoms with E-state index in [9.17, 15) is 0 Å². The summed E-state index contributed by atoms with van der Waals surface area (Å²) in [5.41, 5.74) is 5.40. The standard InChI is InChI=1S/C22H15NO/c1-2-19-21(16-9-4-6-13-20(16)24-19)17-11-7-10-15-14-8-3-5-12-18(14)23-22(15)17/h2-13,23H,1H2. The number of para-hydroxylation sites is 3. The Morgan fingerprint density at radius 3 is 2.42 bits per heavy atom. The van der Waals surface area contributed by atoms with Crippen molar-refractivity contribution >= 4 is 38.9 Å². The second-order valence-corrected chi connectivity index (χ2v) is 5.94. The minimum Gasteiger partial charge on any atom is -0.456 e. The maximum atomic E-state index is 5.99. The molecule has 2 aromatic heterocycles. The van der Waals surface area contributed by atoms with Crippen molar-refractivity contribution in [3.8, 4) is 11.1 Å². The first-order valence-electron chi connectivity index (χ1n) is 8.00. The molecule has 0 aliphatic carbocycles. The van der Waals surface area contributed by atoms with Gasteiger partial charge >= 0.3 is 0 Å². The van der Waals surface area contributed by atoms with Gasteiger partial charge in [-0.3, -0.25) is 0 Å². The van der Waals surface area contributed by atoms with Crippen molar-refractivity contribution in [1.82, 2.24) is 4.98 Å². The summed E-state index contributed by atoms with van der Waals surface area (Å²) in [5, 5.41) is 3.57. The summed E-state index contributed by atoms with van der Waals surface area (Å²) in [7, 11) is 0. The molecule has 0 saturated carbocycles. The lowest BCUT2D eigenvalue weighted by molar-refractivity contribution is 0.605. The molecule has 0 aliphatic rings. The third kappa shape index (κ3) is 1.71. The van der Waals surface area contributed by atoms with Crippen molar-refractivity contribution in [3.05, 3.63) is 79.1 Å². The molecule has 114 valence electrons. The van der Waals surface area contributed by atoms with Crippen LogP contribution in [0.3, 0.4) is 0 Å². The molecule has 5 aromatic rings. The van der Waals surface area contributed by atoms with E-state index in [1.54, 1.807) is 6.08 Å². The summed E-state index contributed by atoms with van der Waals surface area (Å²) >= 11 is 0. The van der Waals surface area contributed by atoms with Crippen molar-refractivity contribution in [2.45, 2.75) is 0 Å². The third-order valence-electron chi connectivity index (χ3n) is 4.62. The first kappa shape index (κ1) is 13.2. The second-order valence-electron chi connectivity index (χ2n) is 5.94. The van der Waals surface area contributed by atoms with Gasteiger partial charge in [0.15, 0.2) is 0 Å². The van der Waals surface area contributed by atoms with Crippen LogP contribution >= 0.6 is 0 Å². The molecule has 2 heterocycles. The minimum atomic E-state index is 0.808. The third-order valence-corrected chi connectivity index (χ3v) is 4.62. The highest BCUT2D eigenvalue weighted by Crippen LogP contribution is 2.40. The summed E-state index contributed by atoms with van der Waals surface area (Å²) in [6.07, 6.45) is 1.79. The van der Waals surface area contributed by atoms with E-state index in [-0.39, 0.29) is 0 Å². The first-order valence-corrected chi connectivity index (χ1v) is 8.00. The molecule has 0 aliphatic heterocycles. The Labute approximate surface area is 139 Å². The van der Waals surface area contributed by atoms with Gasteiger partial charge in [0.2, 0.25) is 0 Å². The van der Waals surface area contributed by atoms with Gasteiger partial charge < -0.3 is 9.40 Å². The van der Waals surface area contributed by atoms with Gasteiger partial charge in [-0.1, -0.05) is 61.2 Å². The van der Waals surface area contributed by atoms with Crippen molar-refractivity contribution in [1.29, 1.82) is 0 Å². The molecular weight excluding hydrogens is 294 g/mol. The van der Waals surface area contributed by atoms with Crippen LogP contribution < -0.4 is 0 Å². The van der Waals surface area contributed by atoms with Gasteiger partial charge in [0.1, 0.15) is 11.3 Å². The summed E-state index contributed by atoms with van der Waals surface area (Å²) < 4.78 is 5.99. The van der Waals surface area contributed by atoms with Crippen molar-refractivity contribution in [3.63, 3.8) is 0 Å². The van der Waals surface area contributed by atoms with Crippen LogP contribution in [0.15, 0.2) is 77.7 Å². The molecule has 0 unspecified atom stereocenters. The Hall–Kier alpha value is -3.26. The van der Waals surface area contributed by atoms with Gasteiger partial charge in [0.05, 0.1) is 5.52 Å². The van der Waals surface area contributed by atoms with Gasteiger partial charge in [-0.25, -0.2) is 0 Å². The predicted molar refractivity (Wildman–Crippen MR) is 101 cm³/mol. The number of fused-ring (bicyclic) bond motifs is 4. The zero-order chi connectivity index (χ0) is 16.1. The number of H-pyrrole nitrogens is 1. The molecule has 1 N–H and O–H groups in total. The van der Waals surface area contributed by atoms with E-state index in [1.807, 2.05) is 18.2 Å². The number of hydrogen-bond donors (Lipinski definition) is 1. The lowest BCUT2D eigenvalue weighted by Crippen LogP contribution is -1.81. The monoisotopic (exact) mass is 309 g/mol. The van der Waals surface area contributed by atoms with Crippen LogP contribution in [0.2, 0.25) is 0 Å². The highest BCUT2D eigenvalue weighted by atomic mass is 16.3. The average molecular weight is 309 g/mol. The Morgan fingerprint density at radius 2 is 1.54 bits per heavy atom. The van der Waals surface area contributed by atoms with Crippen LogP contribution in [0.5, 0.6) is 0 Å². The highest BCUT2D eigenvalue weighted by molar-refractivity contribution is 6.14. The molecule has 5 rings (SSSR count). The van der Waals surface area contributed by atoms with Gasteiger partial charge in [0.25, 0.3) is 0 Å². The van der Waals surface area contributed by atoms with E-state index in [4.69, 9.17) is 4.42 Å². The Balaban J connectivity index is 1.95. The number of rotatable bonds is 2. The maximum absolute atomic E-state index is 5.99. The van der Waals surface area contributed by atoms with Crippen molar-refractivity contribution in [2.24, 2.45) is 0 Å². The summed E-state index contributed by atoms with van der Waals surface area (Å²) in [6.45, 7) is 3.93. The smallest absolute Gasteiger partial charge is 0.135 e. The summed E-state index contributed by atoms with van der Waals surface area (Å²) in [4.78, 5) is 3.57. The van der Waals surface area contributed by atoms with E-state index in [0.29, 0.717) is 0 Å². The van der Waals surface area contributed by atoms with Crippen molar-refractivity contribution in [2.75, 3.05) is 0 Å². The molecule has 0 fully saturated rings. The molecule has 24 heavy (non-hydrogen) atoms. The topological polar surface area (TPSA) is 28.9 Å². The number of aromatic amines is 1. The number of furan rings is 1. The fraction of sp³-hybridized carbons (Fsp3) is 0. The molecule has 0 amide bonds. The minimum absolute atomic E-state index is 0.808. The van der Waals surface area contributed by atoms with Gasteiger partial charge in [-0.15, -0.1) is 0 Å². The Kier molecular flexibility index (Phi) is 2.68. The largest absolute Gasteiger partial charge is 0.456 e. The normalized spacial score (nSPS) is 11.5. The van der Waals surface area contributed by atoms with E-state index in [0.717, 1.165) is 38.9 Å². The predicted octanol–water partition coefficient (Wildman–Crippen LogP) is 6.38. The molecular formula is C22H15NO. The average Bonchev–Trinajstić information content (AvgIpc) is 3.19. The molecule has 0 spiro atoms. The number of aromatic nitrogens is 1. The lowest BCUT2D eigenvalue weighted by atomic mass is 9.99. The second kappa shape index (κ2) is 4.87. The van der Waals surface area contributed by atoms with E-state index in [2.05, 4.69) is 60.1 Å². The maximum Gasteiger partial charge on any atom is 0.135 e. The molecule has 2 nitrogen and oxygen atoms in total. The summed E-state index contributed by atoms with van der Waals surface area (Å²) in [6, 6.07) is 22.9. The van der Waals surface area contributed by atoms with E-state index >= 15 is 0 Å². The van der Waals surface area contributed by atoms with Crippen LogP contribution in [-0.2, 0) is 0 Å². The van der Waals surface area contributed by atoms with Crippen LogP contribution in [0.4, 0.5) is 0 Å². The number of hydrogen-bond acceptors (Lipinski definition) is 1. The molecule has 3 aromatic carbocycles. The zero-order valence-corrected chi connectivity index (χ0v) is 13.0. The molecule has 0 bridgehead atoms. The van der Waals surface area contributed by atoms with Crippen LogP contribution in [0.1, 0.15) is 5.76 Å². The molecule has 2 heteroatoms. The van der Waals surface area contributed by atoms with Crippen molar-refractivity contribution < 1.29 is 4.42 Å². The fourth-order valence-corrected chi connectivity index (χ4v) is 3.57. The Bertz CT molecular complexity index is 1220. The highest BCUT2D eigenvalue weighted by Gasteiger charge is 2.17. The van der Waals surface area contributed by atoms with Gasteiger partial charge in [-0.2, -0.15) is 0 Å². The van der Waals surface area contributed by atoms with Gasteiger partial charge in [-0.05, 0) is 18.2 Å². The summed E-state index contributed by atoms with van der Waals surface area (Å²) in [5.74, 6) is 0.808. The Morgan fingerprint density at radius 1 is 0.792 bits per heavy atom. The van der Waals surface area contributed by atoms with Crippen LogP contribution in [-0.4, -0.2) is 4.98 Å². The SMILES string of the molecule is C=Cc1oc2ccccc2c1-c1cccc2c1[nH]c1ccccc12. The number of benzene rings is 3. The van der Waals surface area contributed by atoms with Crippen LogP contribution in [0.25, 0.3) is 50.0 Å².